The van der Waals surface area contributed by atoms with E-state index in [2.05, 4.69) is 4.72 Å². The van der Waals surface area contributed by atoms with Crippen molar-refractivity contribution in [3.63, 3.8) is 0 Å². The second-order valence-electron chi connectivity index (χ2n) is 10.9. The van der Waals surface area contributed by atoms with Crippen LogP contribution in [0.3, 0.4) is 0 Å². The SMILES string of the molecule is Cc1ccc(S(=O)(=O)Nc2ccc(OCc3ccccc3)cc2C2C/C=C\CO[Si](c3ccccc3)(c3ccccc3)O2)cc1. The molecule has 5 aromatic rings. The lowest BCUT2D eigenvalue weighted by Gasteiger charge is -2.36. The van der Waals surface area contributed by atoms with Crippen molar-refractivity contribution in [3.8, 4) is 5.75 Å². The molecule has 45 heavy (non-hydrogen) atoms. The maximum atomic E-state index is 13.6. The zero-order valence-corrected chi connectivity index (χ0v) is 26.8. The minimum Gasteiger partial charge on any atom is -0.489 e. The third kappa shape index (κ3) is 7.10. The molecule has 0 aromatic heterocycles. The molecule has 0 saturated carbocycles. The molecule has 1 unspecified atom stereocenters. The molecule has 1 N–H and O–H groups in total. The quantitative estimate of drug-likeness (QED) is 0.145. The molecule has 0 aliphatic carbocycles. The van der Waals surface area contributed by atoms with E-state index in [1.165, 1.54) is 0 Å². The summed E-state index contributed by atoms with van der Waals surface area (Å²) in [6.45, 7) is 2.69. The van der Waals surface area contributed by atoms with Crippen molar-refractivity contribution in [3.05, 3.63) is 162 Å². The highest BCUT2D eigenvalue weighted by molar-refractivity contribution is 7.92. The maximum absolute atomic E-state index is 13.6. The molecule has 5 aromatic carbocycles. The highest BCUT2D eigenvalue weighted by atomic mass is 32.2. The molecule has 0 saturated heterocycles. The second kappa shape index (κ2) is 13.7. The van der Waals surface area contributed by atoms with Gasteiger partial charge in [-0.3, -0.25) is 4.72 Å². The van der Waals surface area contributed by atoms with Gasteiger partial charge in [0.25, 0.3) is 10.0 Å². The molecule has 1 aliphatic heterocycles. The Morgan fingerprint density at radius 3 is 2.04 bits per heavy atom. The summed E-state index contributed by atoms with van der Waals surface area (Å²) in [6, 6.07) is 42.2. The first-order valence-electron chi connectivity index (χ1n) is 14.9. The van der Waals surface area contributed by atoms with E-state index in [1.54, 1.807) is 36.4 Å². The smallest absolute Gasteiger partial charge is 0.407 e. The van der Waals surface area contributed by atoms with Gasteiger partial charge in [0.2, 0.25) is 0 Å². The number of benzene rings is 5. The fourth-order valence-corrected chi connectivity index (χ4v) is 9.67. The Morgan fingerprint density at radius 2 is 1.40 bits per heavy atom. The second-order valence-corrected chi connectivity index (χ2v) is 15.5. The third-order valence-electron chi connectivity index (χ3n) is 7.71. The summed E-state index contributed by atoms with van der Waals surface area (Å²) in [6.07, 6.45) is 3.99. The van der Waals surface area contributed by atoms with Crippen molar-refractivity contribution in [1.29, 1.82) is 0 Å². The Kier molecular flexibility index (Phi) is 9.28. The van der Waals surface area contributed by atoms with E-state index in [0.29, 0.717) is 36.6 Å². The first-order valence-corrected chi connectivity index (χ1v) is 18.2. The van der Waals surface area contributed by atoms with Crippen molar-refractivity contribution in [2.75, 3.05) is 11.3 Å². The van der Waals surface area contributed by atoms with E-state index in [-0.39, 0.29) is 4.90 Å². The lowest BCUT2D eigenvalue weighted by atomic mass is 10.0. The minimum atomic E-state index is -3.89. The molecule has 0 amide bonds. The largest absolute Gasteiger partial charge is 0.489 e. The number of anilines is 1. The van der Waals surface area contributed by atoms with Crippen LogP contribution in [0.2, 0.25) is 0 Å². The molecular formula is C37H35NO5SSi. The van der Waals surface area contributed by atoms with Gasteiger partial charge < -0.3 is 13.6 Å². The van der Waals surface area contributed by atoms with E-state index in [9.17, 15) is 8.42 Å². The van der Waals surface area contributed by atoms with E-state index in [1.807, 2.05) is 116 Å². The average Bonchev–Trinajstić information content (AvgIpc) is 3.06. The van der Waals surface area contributed by atoms with Gasteiger partial charge in [-0.1, -0.05) is 121 Å². The van der Waals surface area contributed by atoms with E-state index >= 15 is 0 Å². The van der Waals surface area contributed by atoms with Gasteiger partial charge in [-0.15, -0.1) is 0 Å². The molecule has 0 spiro atoms. The first-order chi connectivity index (χ1) is 21.9. The van der Waals surface area contributed by atoms with Crippen molar-refractivity contribution in [2.45, 2.75) is 31.0 Å². The minimum absolute atomic E-state index is 0.183. The van der Waals surface area contributed by atoms with Crippen LogP contribution in [0.25, 0.3) is 0 Å². The number of hydrogen-bond donors (Lipinski definition) is 1. The lowest BCUT2D eigenvalue weighted by molar-refractivity contribution is 0.136. The average molecular weight is 634 g/mol. The molecule has 8 heteroatoms. The lowest BCUT2D eigenvalue weighted by Crippen LogP contribution is -2.64. The summed E-state index contributed by atoms with van der Waals surface area (Å²) in [5, 5.41) is 1.93. The number of sulfonamides is 1. The third-order valence-corrected chi connectivity index (χ3v) is 12.5. The highest BCUT2D eigenvalue weighted by Crippen LogP contribution is 2.36. The van der Waals surface area contributed by atoms with Crippen LogP contribution in [-0.2, 0) is 25.5 Å². The molecule has 0 bridgehead atoms. The number of nitrogens with one attached hydrogen (secondary N) is 1. The van der Waals surface area contributed by atoms with Crippen molar-refractivity contribution < 1.29 is 22.0 Å². The van der Waals surface area contributed by atoms with Gasteiger partial charge in [-0.25, -0.2) is 8.42 Å². The summed E-state index contributed by atoms with van der Waals surface area (Å²) >= 11 is 0. The molecule has 228 valence electrons. The summed E-state index contributed by atoms with van der Waals surface area (Å²) < 4.78 is 50.2. The van der Waals surface area contributed by atoms with Crippen LogP contribution in [0.5, 0.6) is 5.75 Å². The van der Waals surface area contributed by atoms with Crippen molar-refractivity contribution >= 4 is 34.6 Å². The van der Waals surface area contributed by atoms with Crippen LogP contribution in [0.1, 0.15) is 29.2 Å². The van der Waals surface area contributed by atoms with Crippen LogP contribution in [0, 0.1) is 6.92 Å². The summed E-state index contributed by atoms with van der Waals surface area (Å²) in [7, 11) is -7.17. The van der Waals surface area contributed by atoms with E-state index < -0.39 is 24.7 Å². The number of ether oxygens (including phenoxy) is 1. The highest BCUT2D eigenvalue weighted by Gasteiger charge is 2.45. The van der Waals surface area contributed by atoms with Gasteiger partial charge in [-0.2, -0.15) is 0 Å². The Labute approximate surface area is 266 Å². The van der Waals surface area contributed by atoms with Crippen LogP contribution < -0.4 is 19.8 Å². The van der Waals surface area contributed by atoms with Crippen LogP contribution in [0.15, 0.2) is 151 Å². The monoisotopic (exact) mass is 633 g/mol. The van der Waals surface area contributed by atoms with Gasteiger partial charge in [-0.05, 0) is 59.6 Å². The molecule has 1 aliphatic rings. The fraction of sp³-hybridized carbons (Fsp3) is 0.135. The summed E-state index contributed by atoms with van der Waals surface area (Å²) in [5.41, 5.74) is 3.09. The molecule has 1 heterocycles. The van der Waals surface area contributed by atoms with Gasteiger partial charge in [0.1, 0.15) is 12.4 Å². The van der Waals surface area contributed by atoms with Gasteiger partial charge >= 0.3 is 8.56 Å². The summed E-state index contributed by atoms with van der Waals surface area (Å²) in [4.78, 5) is 0.183. The number of hydrogen-bond acceptors (Lipinski definition) is 5. The molecule has 6 nitrogen and oxygen atoms in total. The Bertz CT molecular complexity index is 1810. The molecule has 0 radical (unpaired) electrons. The molecule has 6 rings (SSSR count). The van der Waals surface area contributed by atoms with Crippen LogP contribution in [-0.4, -0.2) is 23.6 Å². The molecular weight excluding hydrogens is 599 g/mol. The Hall–Kier alpha value is -4.47. The standard InChI is InChI=1S/C37H35NO5SSi/c1-29-20-23-32(24-21-29)44(39,40)38-36-25-22-31(41-28-30-13-5-2-6-14-30)27-35(36)37-19-11-12-26-42-45(43-37,33-15-7-3-8-16-33)34-17-9-4-10-18-34/h2-18,20-25,27,37-38H,19,26,28H2,1H3/b12-11-. The van der Waals surface area contributed by atoms with E-state index in [4.69, 9.17) is 13.6 Å². The summed E-state index contributed by atoms with van der Waals surface area (Å²) in [5.74, 6) is 0.606. The molecule has 1 atom stereocenters. The Morgan fingerprint density at radius 1 is 0.778 bits per heavy atom. The zero-order chi connectivity index (χ0) is 31.1. The first kappa shape index (κ1) is 30.5. The number of aryl methyl sites for hydroxylation is 1. The maximum Gasteiger partial charge on any atom is 0.407 e. The van der Waals surface area contributed by atoms with Crippen LogP contribution in [0.4, 0.5) is 5.69 Å². The predicted octanol–water partition coefficient (Wildman–Crippen LogP) is 6.67. The zero-order valence-electron chi connectivity index (χ0n) is 25.0. The van der Waals surface area contributed by atoms with Gasteiger partial charge in [0.05, 0.1) is 23.3 Å². The van der Waals surface area contributed by atoms with Crippen LogP contribution >= 0.6 is 0 Å². The fourth-order valence-electron chi connectivity index (χ4n) is 5.36. The molecule has 0 fully saturated rings. The normalized spacial score (nSPS) is 17.0. The van der Waals surface area contributed by atoms with Crippen molar-refractivity contribution in [1.82, 2.24) is 0 Å². The predicted molar refractivity (Wildman–Crippen MR) is 181 cm³/mol. The van der Waals surface area contributed by atoms with E-state index in [0.717, 1.165) is 21.5 Å². The van der Waals surface area contributed by atoms with Crippen molar-refractivity contribution in [2.24, 2.45) is 0 Å². The Balaban J connectivity index is 1.44. The number of rotatable bonds is 9. The van der Waals surface area contributed by atoms with Gasteiger partial charge in [0, 0.05) is 5.56 Å². The topological polar surface area (TPSA) is 73.9 Å². The van der Waals surface area contributed by atoms with Gasteiger partial charge in [0.15, 0.2) is 0 Å².